The molecule has 2 unspecified atom stereocenters. The van der Waals surface area contributed by atoms with Crippen LogP contribution in [0, 0.1) is 11.8 Å². The number of nitrogens with zero attached hydrogens (tertiary/aromatic N) is 1. The zero-order valence-electron chi connectivity index (χ0n) is 8.68. The van der Waals surface area contributed by atoms with E-state index < -0.39 is 17.8 Å². The summed E-state index contributed by atoms with van der Waals surface area (Å²) in [6.07, 6.45) is 3.02. The second-order valence-corrected chi connectivity index (χ2v) is 3.52. The van der Waals surface area contributed by atoms with Crippen LogP contribution in [0.25, 0.3) is 0 Å². The average Bonchev–Trinajstić information content (AvgIpc) is 2.27. The Labute approximate surface area is 88.0 Å². The van der Waals surface area contributed by atoms with Gasteiger partial charge in [-0.05, 0) is 12.1 Å². The van der Waals surface area contributed by atoms with Crippen molar-refractivity contribution in [1.82, 2.24) is 4.98 Å². The summed E-state index contributed by atoms with van der Waals surface area (Å²) >= 11 is 0. The van der Waals surface area contributed by atoms with Crippen LogP contribution >= 0.6 is 0 Å². The maximum absolute atomic E-state index is 11.8. The Hall–Kier alpha value is -1.71. The Morgan fingerprint density at radius 3 is 2.47 bits per heavy atom. The van der Waals surface area contributed by atoms with E-state index in [0.29, 0.717) is 5.56 Å². The van der Waals surface area contributed by atoms with Gasteiger partial charge in [-0.1, -0.05) is 13.8 Å². The Bertz CT molecular complexity index is 361. The van der Waals surface area contributed by atoms with E-state index >= 15 is 0 Å². The van der Waals surface area contributed by atoms with E-state index in [0.717, 1.165) is 0 Å². The molecule has 0 aliphatic carbocycles. The highest BCUT2D eigenvalue weighted by atomic mass is 16.4. The number of hydrogen-bond donors (Lipinski definition) is 1. The van der Waals surface area contributed by atoms with Crippen LogP contribution in [-0.4, -0.2) is 21.8 Å². The molecule has 15 heavy (non-hydrogen) atoms. The molecule has 2 atom stereocenters. The fourth-order valence-electron chi connectivity index (χ4n) is 1.21. The first kappa shape index (κ1) is 11.4. The topological polar surface area (TPSA) is 67.3 Å². The Morgan fingerprint density at radius 2 is 2.00 bits per heavy atom. The van der Waals surface area contributed by atoms with Crippen molar-refractivity contribution < 1.29 is 14.7 Å². The van der Waals surface area contributed by atoms with Crippen LogP contribution in [0.2, 0.25) is 0 Å². The number of ketones is 1. The van der Waals surface area contributed by atoms with Crippen molar-refractivity contribution in [3.8, 4) is 0 Å². The molecule has 1 heterocycles. The lowest BCUT2D eigenvalue weighted by molar-refractivity contribution is -0.142. The molecule has 80 valence electrons. The molecule has 1 N–H and O–H groups in total. The molecule has 1 aromatic heterocycles. The third kappa shape index (κ3) is 2.62. The molecule has 0 spiro atoms. The van der Waals surface area contributed by atoms with E-state index in [1.165, 1.54) is 13.1 Å². The van der Waals surface area contributed by atoms with Gasteiger partial charge in [-0.3, -0.25) is 14.6 Å². The average molecular weight is 207 g/mol. The molecular formula is C11H13NO3. The van der Waals surface area contributed by atoms with E-state index in [-0.39, 0.29) is 5.78 Å². The Balaban J connectivity index is 2.82. The maximum atomic E-state index is 11.8. The lowest BCUT2D eigenvalue weighted by atomic mass is 9.89. The second-order valence-electron chi connectivity index (χ2n) is 3.52. The van der Waals surface area contributed by atoms with E-state index in [4.69, 9.17) is 5.11 Å². The SMILES string of the molecule is CC(C(=O)O)C(C)C(=O)c1cccnc1. The van der Waals surface area contributed by atoms with E-state index in [2.05, 4.69) is 4.98 Å². The van der Waals surface area contributed by atoms with Crippen LogP contribution in [0.15, 0.2) is 24.5 Å². The number of carboxylic acids is 1. The lowest BCUT2D eigenvalue weighted by Gasteiger charge is -2.14. The van der Waals surface area contributed by atoms with E-state index in [9.17, 15) is 9.59 Å². The predicted octanol–water partition coefficient (Wildman–Crippen LogP) is 1.62. The van der Waals surface area contributed by atoms with Gasteiger partial charge in [-0.2, -0.15) is 0 Å². The predicted molar refractivity (Wildman–Crippen MR) is 54.5 cm³/mol. The zero-order valence-corrected chi connectivity index (χ0v) is 8.68. The van der Waals surface area contributed by atoms with Gasteiger partial charge in [0.25, 0.3) is 0 Å². The fraction of sp³-hybridized carbons (Fsp3) is 0.364. The highest BCUT2D eigenvalue weighted by Crippen LogP contribution is 2.16. The number of carboxylic acid groups (broad SMARTS) is 1. The third-order valence-electron chi connectivity index (χ3n) is 2.50. The van der Waals surface area contributed by atoms with Crippen molar-refractivity contribution in [3.05, 3.63) is 30.1 Å². The van der Waals surface area contributed by atoms with Gasteiger partial charge < -0.3 is 5.11 Å². The minimum atomic E-state index is -0.959. The van der Waals surface area contributed by atoms with Crippen molar-refractivity contribution in [2.45, 2.75) is 13.8 Å². The number of carbonyl (C=O) groups excluding carboxylic acids is 1. The largest absolute Gasteiger partial charge is 0.481 e. The van der Waals surface area contributed by atoms with Crippen LogP contribution in [0.4, 0.5) is 0 Å². The second kappa shape index (κ2) is 4.68. The molecule has 0 radical (unpaired) electrons. The number of rotatable bonds is 4. The smallest absolute Gasteiger partial charge is 0.306 e. The molecule has 0 bridgehead atoms. The van der Waals surface area contributed by atoms with Gasteiger partial charge in [0, 0.05) is 23.9 Å². The van der Waals surface area contributed by atoms with Crippen LogP contribution in [-0.2, 0) is 4.79 Å². The summed E-state index contributed by atoms with van der Waals surface area (Å²) in [4.78, 5) is 26.3. The van der Waals surface area contributed by atoms with Gasteiger partial charge in [0.05, 0.1) is 5.92 Å². The number of hydrogen-bond acceptors (Lipinski definition) is 3. The number of Topliss-reactive ketones (excluding diaryl/α,β-unsaturated/α-hetero) is 1. The van der Waals surface area contributed by atoms with Gasteiger partial charge in [0.15, 0.2) is 5.78 Å². The molecule has 0 amide bonds. The van der Waals surface area contributed by atoms with Crippen LogP contribution in [0.1, 0.15) is 24.2 Å². The van der Waals surface area contributed by atoms with Crippen molar-refractivity contribution >= 4 is 11.8 Å². The minimum absolute atomic E-state index is 0.182. The molecule has 0 aliphatic rings. The van der Waals surface area contributed by atoms with Crippen molar-refractivity contribution in [2.24, 2.45) is 11.8 Å². The number of pyridine rings is 1. The monoisotopic (exact) mass is 207 g/mol. The van der Waals surface area contributed by atoms with E-state index in [1.54, 1.807) is 25.3 Å². The molecule has 0 aromatic carbocycles. The highest BCUT2D eigenvalue weighted by molar-refractivity contribution is 5.99. The summed E-state index contributed by atoms with van der Waals surface area (Å²) < 4.78 is 0. The van der Waals surface area contributed by atoms with Crippen LogP contribution < -0.4 is 0 Å². The quantitative estimate of drug-likeness (QED) is 0.762. The Morgan fingerprint density at radius 1 is 1.33 bits per heavy atom. The molecule has 0 aliphatic heterocycles. The summed E-state index contributed by atoms with van der Waals surface area (Å²) in [5, 5.41) is 8.78. The molecule has 0 fully saturated rings. The Kier molecular flexibility index (Phi) is 3.55. The van der Waals surface area contributed by atoms with Gasteiger partial charge in [-0.25, -0.2) is 0 Å². The first-order chi connectivity index (χ1) is 7.04. The molecule has 1 aromatic rings. The third-order valence-corrected chi connectivity index (χ3v) is 2.50. The van der Waals surface area contributed by atoms with Crippen LogP contribution in [0.3, 0.4) is 0 Å². The van der Waals surface area contributed by atoms with E-state index in [1.807, 2.05) is 0 Å². The lowest BCUT2D eigenvalue weighted by Crippen LogP contribution is -2.25. The van der Waals surface area contributed by atoms with Crippen molar-refractivity contribution in [1.29, 1.82) is 0 Å². The maximum Gasteiger partial charge on any atom is 0.306 e. The molecule has 0 saturated carbocycles. The summed E-state index contributed by atoms with van der Waals surface area (Å²) in [6, 6.07) is 3.30. The van der Waals surface area contributed by atoms with Crippen LogP contribution in [0.5, 0.6) is 0 Å². The summed E-state index contributed by atoms with van der Waals surface area (Å²) in [6.45, 7) is 3.15. The first-order valence-electron chi connectivity index (χ1n) is 4.71. The standard InChI is InChI=1S/C11H13NO3/c1-7(8(2)11(14)15)10(13)9-4-3-5-12-6-9/h3-8H,1-2H3,(H,14,15). The van der Waals surface area contributed by atoms with Gasteiger partial charge >= 0.3 is 5.97 Å². The zero-order chi connectivity index (χ0) is 11.4. The summed E-state index contributed by atoms with van der Waals surface area (Å²) in [5.41, 5.74) is 0.457. The highest BCUT2D eigenvalue weighted by Gasteiger charge is 2.26. The van der Waals surface area contributed by atoms with Gasteiger partial charge in [-0.15, -0.1) is 0 Å². The van der Waals surface area contributed by atoms with Gasteiger partial charge in [0.2, 0.25) is 0 Å². The normalized spacial score (nSPS) is 14.3. The fourth-order valence-corrected chi connectivity index (χ4v) is 1.21. The number of aliphatic carboxylic acids is 1. The first-order valence-corrected chi connectivity index (χ1v) is 4.71. The van der Waals surface area contributed by atoms with Crippen molar-refractivity contribution in [2.75, 3.05) is 0 Å². The molecule has 4 nitrogen and oxygen atoms in total. The molecular weight excluding hydrogens is 194 g/mol. The van der Waals surface area contributed by atoms with Gasteiger partial charge in [0.1, 0.15) is 0 Å². The summed E-state index contributed by atoms with van der Waals surface area (Å²) in [5.74, 6) is -2.36. The molecule has 0 saturated heterocycles. The number of aromatic nitrogens is 1. The summed E-state index contributed by atoms with van der Waals surface area (Å²) in [7, 11) is 0. The van der Waals surface area contributed by atoms with Crippen molar-refractivity contribution in [3.63, 3.8) is 0 Å². The minimum Gasteiger partial charge on any atom is -0.481 e. The number of carbonyl (C=O) groups is 2. The molecule has 1 rings (SSSR count). The molecule has 4 heteroatoms.